The Morgan fingerprint density at radius 2 is 1.74 bits per heavy atom. The number of rotatable bonds is 4. The topological polar surface area (TPSA) is 107 Å². The Kier molecular flexibility index (Phi) is 6.97. The molecule has 10 heteroatoms. The number of piperidine rings is 1. The number of fused-ring (bicyclic) bond motifs is 2. The number of para-hydroxylation sites is 1. The minimum Gasteiger partial charge on any atom is -0.335 e. The van der Waals surface area contributed by atoms with Gasteiger partial charge in [-0.15, -0.1) is 0 Å². The largest absolute Gasteiger partial charge is 0.335 e. The fourth-order valence-electron chi connectivity index (χ4n) is 5.90. The molecule has 9 nitrogen and oxygen atoms in total. The van der Waals surface area contributed by atoms with Gasteiger partial charge in [-0.05, 0) is 55.6 Å². The van der Waals surface area contributed by atoms with Crippen LogP contribution in [0.15, 0.2) is 54.6 Å². The number of piperazine rings is 1. The minimum absolute atomic E-state index is 0.00700. The van der Waals surface area contributed by atoms with Crippen LogP contribution in [0.5, 0.6) is 0 Å². The molecule has 3 atom stereocenters. The zero-order valence-electron chi connectivity index (χ0n) is 21.5. The molecule has 3 amide bonds. The predicted octanol–water partition coefficient (Wildman–Crippen LogP) is 1.89. The van der Waals surface area contributed by atoms with E-state index in [0.29, 0.717) is 38.3 Å². The molecule has 6 rings (SSSR count). The van der Waals surface area contributed by atoms with Crippen LogP contribution in [0.25, 0.3) is 10.9 Å². The second-order valence-corrected chi connectivity index (χ2v) is 10.5. The van der Waals surface area contributed by atoms with Gasteiger partial charge in [0.1, 0.15) is 11.5 Å². The number of aromatic nitrogens is 1. The Hall–Kier alpha value is -3.89. The summed E-state index contributed by atoms with van der Waals surface area (Å²) in [6, 6.07) is 15.8. The molecular formula is C29H31FN6O3. The normalized spacial score (nSPS) is 23.3. The third-order valence-electron chi connectivity index (χ3n) is 8.04. The molecule has 3 saturated heterocycles. The number of carbonyl (C=O) groups excluding carboxylic acids is 3. The molecule has 1 aromatic heterocycles. The van der Waals surface area contributed by atoms with Gasteiger partial charge in [-0.1, -0.05) is 30.3 Å². The maximum Gasteiger partial charge on any atom is 0.272 e. The van der Waals surface area contributed by atoms with E-state index in [4.69, 9.17) is 0 Å². The summed E-state index contributed by atoms with van der Waals surface area (Å²) in [5, 5.41) is 4.41. The van der Waals surface area contributed by atoms with Crippen LogP contribution < -0.4 is 16.2 Å². The van der Waals surface area contributed by atoms with Crippen molar-refractivity contribution in [3.05, 3.63) is 77.2 Å². The van der Waals surface area contributed by atoms with Crippen molar-refractivity contribution in [1.29, 1.82) is 0 Å². The number of benzene rings is 2. The number of amides is 3. The summed E-state index contributed by atoms with van der Waals surface area (Å²) in [5.74, 6) is -1.24. The second-order valence-electron chi connectivity index (χ2n) is 10.5. The Balaban J connectivity index is 1.11. The minimum atomic E-state index is -0.568. The fourth-order valence-corrected chi connectivity index (χ4v) is 5.90. The lowest BCUT2D eigenvalue weighted by molar-refractivity contribution is -0.131. The molecule has 3 unspecified atom stereocenters. The first-order chi connectivity index (χ1) is 19.0. The van der Waals surface area contributed by atoms with E-state index in [1.165, 1.54) is 6.07 Å². The lowest BCUT2D eigenvalue weighted by Gasteiger charge is -2.41. The van der Waals surface area contributed by atoms with Crippen LogP contribution in [0.1, 0.15) is 39.3 Å². The molecule has 3 N–H and O–H groups in total. The van der Waals surface area contributed by atoms with Gasteiger partial charge in [-0.3, -0.25) is 19.8 Å². The Morgan fingerprint density at radius 3 is 2.56 bits per heavy atom. The summed E-state index contributed by atoms with van der Waals surface area (Å²) in [6.45, 7) is 2.17. The van der Waals surface area contributed by atoms with Crippen LogP contribution in [0, 0.1) is 11.7 Å². The number of carbonyl (C=O) groups is 3. The van der Waals surface area contributed by atoms with Gasteiger partial charge < -0.3 is 15.1 Å². The number of hydrazine groups is 1. The number of hydrogen-bond acceptors (Lipinski definition) is 6. The number of nitrogens with zero attached hydrogens (tertiary/aromatic N) is 3. The SMILES string of the molecule is O=C1NNC(Cc2ccc(F)c(C(=O)N3CCN(C(=O)c4ccc5ccccc5n4)CC3)c2)C2NCCCC12. The van der Waals surface area contributed by atoms with Gasteiger partial charge in [0, 0.05) is 43.6 Å². The first kappa shape index (κ1) is 25.4. The maximum atomic E-state index is 14.8. The van der Waals surface area contributed by atoms with E-state index >= 15 is 0 Å². The molecule has 3 fully saturated rings. The van der Waals surface area contributed by atoms with Crippen molar-refractivity contribution >= 4 is 28.6 Å². The van der Waals surface area contributed by atoms with Gasteiger partial charge in [0.05, 0.1) is 17.0 Å². The van der Waals surface area contributed by atoms with E-state index in [9.17, 15) is 18.8 Å². The van der Waals surface area contributed by atoms with Gasteiger partial charge in [0.25, 0.3) is 11.8 Å². The molecule has 0 radical (unpaired) electrons. The molecule has 0 saturated carbocycles. The van der Waals surface area contributed by atoms with Gasteiger partial charge in [0.15, 0.2) is 0 Å². The second kappa shape index (κ2) is 10.7. The first-order valence-electron chi connectivity index (χ1n) is 13.5. The summed E-state index contributed by atoms with van der Waals surface area (Å²) < 4.78 is 14.8. The smallest absolute Gasteiger partial charge is 0.272 e. The van der Waals surface area contributed by atoms with Crippen molar-refractivity contribution < 1.29 is 18.8 Å². The highest BCUT2D eigenvalue weighted by atomic mass is 19.1. The standard InChI is InChI=1S/C29H31FN6O3/c30-22-9-7-18(17-25-26-20(5-3-11-31-26)27(37)34-33-25)16-21(22)28(38)35-12-14-36(15-13-35)29(39)24-10-8-19-4-1-2-6-23(19)32-24/h1-2,4,6-10,16,20,25-26,31,33H,3,5,11-15,17H2,(H,34,37). The molecule has 3 aliphatic rings. The predicted molar refractivity (Wildman–Crippen MR) is 143 cm³/mol. The Bertz CT molecular complexity index is 1420. The van der Waals surface area contributed by atoms with Crippen LogP contribution in [0.3, 0.4) is 0 Å². The quantitative estimate of drug-likeness (QED) is 0.476. The molecule has 39 heavy (non-hydrogen) atoms. The van der Waals surface area contributed by atoms with Crippen molar-refractivity contribution in [1.82, 2.24) is 31.0 Å². The average molecular weight is 531 g/mol. The lowest BCUT2D eigenvalue weighted by Crippen LogP contribution is -2.67. The molecule has 0 aliphatic carbocycles. The highest BCUT2D eigenvalue weighted by Gasteiger charge is 2.40. The molecule has 3 aliphatic heterocycles. The zero-order chi connectivity index (χ0) is 26.9. The van der Waals surface area contributed by atoms with E-state index in [1.807, 2.05) is 30.3 Å². The van der Waals surface area contributed by atoms with E-state index in [0.717, 1.165) is 35.9 Å². The zero-order valence-corrected chi connectivity index (χ0v) is 21.5. The van der Waals surface area contributed by atoms with Crippen molar-refractivity contribution in [3.63, 3.8) is 0 Å². The Morgan fingerprint density at radius 1 is 0.974 bits per heavy atom. The fraction of sp³-hybridized carbons (Fsp3) is 0.379. The van der Waals surface area contributed by atoms with Crippen molar-refractivity contribution in [2.24, 2.45) is 5.92 Å². The summed E-state index contributed by atoms with van der Waals surface area (Å²) >= 11 is 0. The maximum absolute atomic E-state index is 14.8. The Labute approximate surface area is 225 Å². The molecule has 0 spiro atoms. The van der Waals surface area contributed by atoms with Crippen LogP contribution >= 0.6 is 0 Å². The number of hydrogen-bond donors (Lipinski definition) is 3. The number of nitrogens with one attached hydrogen (secondary N) is 3. The highest BCUT2D eigenvalue weighted by molar-refractivity contribution is 5.96. The van der Waals surface area contributed by atoms with Crippen LogP contribution in [0.2, 0.25) is 0 Å². The van der Waals surface area contributed by atoms with Crippen molar-refractivity contribution in [2.45, 2.75) is 31.3 Å². The van der Waals surface area contributed by atoms with Crippen LogP contribution in [-0.4, -0.2) is 77.3 Å². The van der Waals surface area contributed by atoms with Crippen LogP contribution in [-0.2, 0) is 11.2 Å². The third-order valence-corrected chi connectivity index (χ3v) is 8.04. The number of pyridine rings is 1. The van der Waals surface area contributed by atoms with Crippen molar-refractivity contribution in [3.8, 4) is 0 Å². The van der Waals surface area contributed by atoms with Gasteiger partial charge >= 0.3 is 0 Å². The monoisotopic (exact) mass is 530 g/mol. The first-order valence-corrected chi connectivity index (χ1v) is 13.5. The third kappa shape index (κ3) is 5.09. The van der Waals surface area contributed by atoms with E-state index in [1.54, 1.807) is 28.0 Å². The summed E-state index contributed by atoms with van der Waals surface area (Å²) in [6.07, 6.45) is 2.32. The number of halogens is 1. The van der Waals surface area contributed by atoms with E-state index in [-0.39, 0.29) is 41.3 Å². The summed E-state index contributed by atoms with van der Waals surface area (Å²) in [4.78, 5) is 46.4. The molecule has 4 heterocycles. The van der Waals surface area contributed by atoms with Gasteiger partial charge in [-0.25, -0.2) is 14.8 Å². The van der Waals surface area contributed by atoms with E-state index < -0.39 is 5.82 Å². The average Bonchev–Trinajstić information content (AvgIpc) is 2.98. The molecule has 3 aromatic rings. The summed E-state index contributed by atoms with van der Waals surface area (Å²) in [5.41, 5.74) is 7.83. The van der Waals surface area contributed by atoms with Crippen LogP contribution in [0.4, 0.5) is 4.39 Å². The van der Waals surface area contributed by atoms with Crippen molar-refractivity contribution in [2.75, 3.05) is 32.7 Å². The molecule has 0 bridgehead atoms. The van der Waals surface area contributed by atoms with Gasteiger partial charge in [0.2, 0.25) is 5.91 Å². The summed E-state index contributed by atoms with van der Waals surface area (Å²) in [7, 11) is 0. The van der Waals surface area contributed by atoms with E-state index in [2.05, 4.69) is 21.2 Å². The molecular weight excluding hydrogens is 499 g/mol. The molecule has 202 valence electrons. The van der Waals surface area contributed by atoms with Gasteiger partial charge in [-0.2, -0.15) is 0 Å². The lowest BCUT2D eigenvalue weighted by atomic mass is 9.82. The molecule has 2 aromatic carbocycles. The highest BCUT2D eigenvalue weighted by Crippen LogP contribution is 2.25.